The molecule has 33 heavy (non-hydrogen) atoms. The van der Waals surface area contributed by atoms with Crippen LogP contribution in [0.25, 0.3) is 0 Å². The van der Waals surface area contributed by atoms with Crippen molar-refractivity contribution in [2.45, 2.75) is 77.7 Å². The van der Waals surface area contributed by atoms with E-state index in [1.54, 1.807) is 9.80 Å². The number of nitrogens with one attached hydrogen (secondary N) is 1. The van der Waals surface area contributed by atoms with Gasteiger partial charge in [0.1, 0.15) is 11.6 Å². The molecule has 9 nitrogen and oxygen atoms in total. The zero-order valence-electron chi connectivity index (χ0n) is 19.9. The van der Waals surface area contributed by atoms with Crippen LogP contribution in [-0.4, -0.2) is 70.4 Å². The molecule has 3 atom stereocenters. The highest BCUT2D eigenvalue weighted by atomic mass is 16.6. The van der Waals surface area contributed by atoms with E-state index in [0.29, 0.717) is 31.6 Å². The van der Waals surface area contributed by atoms with Crippen LogP contribution in [0, 0.1) is 0 Å². The Morgan fingerprint density at radius 1 is 1.06 bits per heavy atom. The fraction of sp³-hybridized carbons (Fsp3) is 0.583. The Kier molecular flexibility index (Phi) is 5.84. The third-order valence-corrected chi connectivity index (χ3v) is 6.45. The first-order valence-corrected chi connectivity index (χ1v) is 11.5. The molecule has 0 aromatic heterocycles. The maximum atomic E-state index is 12.9. The summed E-state index contributed by atoms with van der Waals surface area (Å²) < 4.78 is 5.57. The number of hydrogen-bond acceptors (Lipinski definition) is 6. The van der Waals surface area contributed by atoms with E-state index in [2.05, 4.69) is 17.1 Å². The van der Waals surface area contributed by atoms with Crippen LogP contribution in [0.1, 0.15) is 63.4 Å². The highest BCUT2D eigenvalue weighted by Crippen LogP contribution is 2.32. The highest BCUT2D eigenvalue weighted by molar-refractivity contribution is 6.05. The topological polar surface area (TPSA) is 99.3 Å². The number of rotatable bonds is 2. The Labute approximate surface area is 194 Å². The molecule has 0 spiro atoms. The van der Waals surface area contributed by atoms with Crippen molar-refractivity contribution in [1.29, 1.82) is 0 Å². The van der Waals surface area contributed by atoms with Crippen molar-refractivity contribution in [3.63, 3.8) is 0 Å². The van der Waals surface area contributed by atoms with Crippen molar-refractivity contribution in [3.8, 4) is 0 Å². The summed E-state index contributed by atoms with van der Waals surface area (Å²) in [6, 6.07) is 5.15. The van der Waals surface area contributed by atoms with Gasteiger partial charge in [-0.3, -0.25) is 19.7 Å². The second-order valence-electron chi connectivity index (χ2n) is 10.2. The van der Waals surface area contributed by atoms with Gasteiger partial charge in [0, 0.05) is 49.4 Å². The summed E-state index contributed by atoms with van der Waals surface area (Å²) in [7, 11) is 0. The molecular weight excluding hydrogens is 424 g/mol. The third kappa shape index (κ3) is 4.54. The van der Waals surface area contributed by atoms with Gasteiger partial charge >= 0.3 is 6.09 Å². The Hall–Kier alpha value is -3.10. The minimum atomic E-state index is -0.623. The zero-order chi connectivity index (χ0) is 24.1. The summed E-state index contributed by atoms with van der Waals surface area (Å²) in [5.74, 6) is -0.883. The van der Waals surface area contributed by atoms with Gasteiger partial charge in [-0.05, 0) is 64.8 Å². The molecule has 0 bridgehead atoms. The summed E-state index contributed by atoms with van der Waals surface area (Å²) in [4.78, 5) is 54.9. The standard InChI is InChI=1S/C24H32N4O5/c1-14-12-27(23(32)33-24(3,4)5)15(2)11-26(14)17-6-7-18-16(10-17)13-28(22(18)31)19-8-9-20(29)25-21(19)30/h6-7,10,14-15,19H,8-9,11-13H2,1-5H3,(H,25,29,30)/t14-,15+,19?/m1/s1. The molecule has 2 fully saturated rings. The van der Waals surface area contributed by atoms with Crippen molar-refractivity contribution in [2.75, 3.05) is 18.0 Å². The molecule has 1 N–H and O–H groups in total. The van der Waals surface area contributed by atoms with Gasteiger partial charge in [0.2, 0.25) is 11.8 Å². The Morgan fingerprint density at radius 2 is 1.79 bits per heavy atom. The number of piperidine rings is 1. The van der Waals surface area contributed by atoms with Gasteiger partial charge in [0.25, 0.3) is 5.91 Å². The molecule has 3 aliphatic heterocycles. The molecular formula is C24H32N4O5. The van der Waals surface area contributed by atoms with Gasteiger partial charge in [-0.2, -0.15) is 0 Å². The number of nitrogens with zero attached hydrogens (tertiary/aromatic N) is 3. The van der Waals surface area contributed by atoms with Crippen LogP contribution in [0.5, 0.6) is 0 Å². The monoisotopic (exact) mass is 456 g/mol. The summed E-state index contributed by atoms with van der Waals surface area (Å²) in [5, 5.41) is 2.33. The van der Waals surface area contributed by atoms with Crippen molar-refractivity contribution < 1.29 is 23.9 Å². The van der Waals surface area contributed by atoms with Crippen LogP contribution in [-0.2, 0) is 20.9 Å². The molecule has 0 radical (unpaired) electrons. The second kappa shape index (κ2) is 8.35. The van der Waals surface area contributed by atoms with Crippen molar-refractivity contribution >= 4 is 29.5 Å². The third-order valence-electron chi connectivity index (χ3n) is 6.45. The van der Waals surface area contributed by atoms with Crippen LogP contribution in [0.4, 0.5) is 10.5 Å². The van der Waals surface area contributed by atoms with Crippen LogP contribution in [0.2, 0.25) is 0 Å². The molecule has 0 aliphatic carbocycles. The van der Waals surface area contributed by atoms with Gasteiger partial charge in [-0.1, -0.05) is 0 Å². The highest BCUT2D eigenvalue weighted by Gasteiger charge is 2.40. The first kappa shape index (κ1) is 23.1. The van der Waals surface area contributed by atoms with Crippen LogP contribution in [0.15, 0.2) is 18.2 Å². The van der Waals surface area contributed by atoms with Crippen LogP contribution >= 0.6 is 0 Å². The Bertz CT molecular complexity index is 1000. The van der Waals surface area contributed by atoms with E-state index in [4.69, 9.17) is 4.74 Å². The average molecular weight is 457 g/mol. The molecule has 2 saturated heterocycles. The lowest BCUT2D eigenvalue weighted by Crippen LogP contribution is -2.59. The van der Waals surface area contributed by atoms with Gasteiger partial charge in [-0.25, -0.2) is 4.79 Å². The quantitative estimate of drug-likeness (QED) is 0.686. The predicted octanol–water partition coefficient (Wildman–Crippen LogP) is 2.28. The summed E-state index contributed by atoms with van der Waals surface area (Å²) >= 11 is 0. The lowest BCUT2D eigenvalue weighted by Gasteiger charge is -2.45. The molecule has 1 aromatic carbocycles. The number of fused-ring (bicyclic) bond motifs is 1. The van der Waals surface area contributed by atoms with E-state index < -0.39 is 17.6 Å². The van der Waals surface area contributed by atoms with Gasteiger partial charge in [0.05, 0.1) is 0 Å². The van der Waals surface area contributed by atoms with E-state index in [1.807, 2.05) is 45.9 Å². The van der Waals surface area contributed by atoms with Crippen LogP contribution < -0.4 is 10.2 Å². The largest absolute Gasteiger partial charge is 0.444 e. The predicted molar refractivity (Wildman–Crippen MR) is 122 cm³/mol. The summed E-state index contributed by atoms with van der Waals surface area (Å²) in [6.07, 6.45) is 0.276. The fourth-order valence-corrected chi connectivity index (χ4v) is 4.80. The maximum Gasteiger partial charge on any atom is 0.410 e. The van der Waals surface area contributed by atoms with Crippen molar-refractivity contribution in [2.24, 2.45) is 0 Å². The summed E-state index contributed by atoms with van der Waals surface area (Å²) in [5.41, 5.74) is 1.90. The molecule has 4 rings (SSSR count). The normalized spacial score (nSPS) is 25.8. The van der Waals surface area contributed by atoms with E-state index in [9.17, 15) is 19.2 Å². The number of carbonyl (C=O) groups excluding carboxylic acids is 4. The molecule has 4 amide bonds. The molecule has 3 heterocycles. The molecule has 9 heteroatoms. The number of anilines is 1. The Balaban J connectivity index is 1.48. The van der Waals surface area contributed by atoms with Gasteiger partial charge < -0.3 is 19.4 Å². The molecule has 0 saturated carbocycles. The number of amides is 4. The lowest BCUT2D eigenvalue weighted by molar-refractivity contribution is -0.136. The van der Waals surface area contributed by atoms with E-state index in [-0.39, 0.29) is 36.4 Å². The smallest absolute Gasteiger partial charge is 0.410 e. The molecule has 3 aliphatic rings. The lowest BCUT2D eigenvalue weighted by atomic mass is 10.0. The van der Waals surface area contributed by atoms with E-state index >= 15 is 0 Å². The van der Waals surface area contributed by atoms with E-state index in [0.717, 1.165) is 11.3 Å². The molecule has 1 aromatic rings. The number of carbonyl (C=O) groups is 4. The van der Waals surface area contributed by atoms with Crippen LogP contribution in [0.3, 0.4) is 0 Å². The number of ether oxygens (including phenoxy) is 1. The number of hydrogen-bond donors (Lipinski definition) is 1. The maximum absolute atomic E-state index is 12.9. The van der Waals surface area contributed by atoms with Crippen molar-refractivity contribution in [3.05, 3.63) is 29.3 Å². The first-order valence-electron chi connectivity index (χ1n) is 11.5. The van der Waals surface area contributed by atoms with Gasteiger partial charge in [-0.15, -0.1) is 0 Å². The molecule has 178 valence electrons. The van der Waals surface area contributed by atoms with Gasteiger partial charge in [0.15, 0.2) is 0 Å². The Morgan fingerprint density at radius 3 is 2.45 bits per heavy atom. The first-order chi connectivity index (χ1) is 15.4. The second-order valence-corrected chi connectivity index (χ2v) is 10.2. The zero-order valence-corrected chi connectivity index (χ0v) is 19.9. The average Bonchev–Trinajstić information content (AvgIpc) is 3.03. The number of benzene rings is 1. The fourth-order valence-electron chi connectivity index (χ4n) is 4.80. The summed E-state index contributed by atoms with van der Waals surface area (Å²) in [6.45, 7) is 11.2. The van der Waals surface area contributed by atoms with E-state index in [1.165, 1.54) is 0 Å². The SMILES string of the molecule is C[C@@H]1CN(C(=O)OC(C)(C)C)[C@@H](C)CN1c1ccc2c(c1)CN(C1CCC(=O)NC1=O)C2=O. The minimum Gasteiger partial charge on any atom is -0.444 e. The molecule has 1 unspecified atom stereocenters. The van der Waals surface area contributed by atoms with Crippen molar-refractivity contribution in [1.82, 2.24) is 15.1 Å². The minimum absolute atomic E-state index is 0.0362. The number of piperazine rings is 1. The number of imide groups is 1.